The van der Waals surface area contributed by atoms with Gasteiger partial charge in [-0.15, -0.1) is 11.8 Å². The molecule has 1 saturated heterocycles. The zero-order chi connectivity index (χ0) is 21.6. The Bertz CT molecular complexity index is 1110. The van der Waals surface area contributed by atoms with E-state index < -0.39 is 6.04 Å². The van der Waals surface area contributed by atoms with E-state index in [1.807, 2.05) is 36.4 Å². The number of ether oxygens (including phenoxy) is 1. The van der Waals surface area contributed by atoms with Gasteiger partial charge >= 0.3 is 0 Å². The summed E-state index contributed by atoms with van der Waals surface area (Å²) in [5.41, 5.74) is 1.61. The largest absolute Gasteiger partial charge is 0.457 e. The van der Waals surface area contributed by atoms with Gasteiger partial charge in [-0.05, 0) is 60.7 Å². The van der Waals surface area contributed by atoms with E-state index in [0.717, 1.165) is 5.75 Å². The highest BCUT2D eigenvalue weighted by Gasteiger charge is 2.35. The first-order valence-corrected chi connectivity index (χ1v) is 10.8. The van der Waals surface area contributed by atoms with Crippen LogP contribution in [0.25, 0.3) is 0 Å². The summed E-state index contributed by atoms with van der Waals surface area (Å²) in [4.78, 5) is 27.4. The van der Waals surface area contributed by atoms with Gasteiger partial charge in [-0.2, -0.15) is 5.26 Å². The number of hydrogen-bond donors (Lipinski definition) is 1. The lowest BCUT2D eigenvalue weighted by molar-refractivity contribution is -0.119. The van der Waals surface area contributed by atoms with Gasteiger partial charge in [-0.3, -0.25) is 9.59 Å². The van der Waals surface area contributed by atoms with Crippen molar-refractivity contribution in [2.75, 3.05) is 16.9 Å². The monoisotopic (exact) mass is 429 g/mol. The number of carbonyl (C=O) groups is 2. The molecule has 7 heteroatoms. The van der Waals surface area contributed by atoms with E-state index in [1.54, 1.807) is 53.4 Å². The van der Waals surface area contributed by atoms with Gasteiger partial charge in [-0.1, -0.05) is 18.2 Å². The van der Waals surface area contributed by atoms with E-state index in [9.17, 15) is 9.59 Å². The molecule has 0 aliphatic carbocycles. The van der Waals surface area contributed by atoms with Gasteiger partial charge in [0.05, 0.1) is 17.5 Å². The summed E-state index contributed by atoms with van der Waals surface area (Å²) >= 11 is 1.54. The molecular formula is C24H19N3O3S. The van der Waals surface area contributed by atoms with Crippen molar-refractivity contribution >= 4 is 29.3 Å². The van der Waals surface area contributed by atoms with Crippen LogP contribution in [-0.2, 0) is 4.79 Å². The Morgan fingerprint density at radius 3 is 2.32 bits per heavy atom. The molecule has 6 nitrogen and oxygen atoms in total. The third-order valence-corrected chi connectivity index (χ3v) is 5.82. The summed E-state index contributed by atoms with van der Waals surface area (Å²) in [7, 11) is 0. The van der Waals surface area contributed by atoms with Crippen LogP contribution < -0.4 is 10.1 Å². The Morgan fingerprint density at radius 1 is 0.968 bits per heavy atom. The van der Waals surface area contributed by atoms with Crippen molar-refractivity contribution in [3.05, 3.63) is 90.0 Å². The molecular weight excluding hydrogens is 410 g/mol. The second-order valence-corrected chi connectivity index (χ2v) is 7.91. The minimum Gasteiger partial charge on any atom is -0.457 e. The van der Waals surface area contributed by atoms with Gasteiger partial charge in [0, 0.05) is 17.0 Å². The number of benzene rings is 3. The highest BCUT2D eigenvalue weighted by atomic mass is 32.2. The van der Waals surface area contributed by atoms with E-state index in [1.165, 1.54) is 11.8 Å². The second-order valence-electron chi connectivity index (χ2n) is 6.91. The Kier molecular flexibility index (Phi) is 6.20. The van der Waals surface area contributed by atoms with Crippen LogP contribution >= 0.6 is 11.8 Å². The fourth-order valence-electron chi connectivity index (χ4n) is 3.17. The van der Waals surface area contributed by atoms with E-state index in [-0.39, 0.29) is 11.8 Å². The lowest BCUT2D eigenvalue weighted by Gasteiger charge is -2.23. The van der Waals surface area contributed by atoms with Crippen LogP contribution in [0.1, 0.15) is 15.9 Å². The maximum Gasteiger partial charge on any atom is 0.255 e. The Hall–Kier alpha value is -3.76. The molecule has 0 radical (unpaired) electrons. The van der Waals surface area contributed by atoms with Gasteiger partial charge < -0.3 is 15.0 Å². The van der Waals surface area contributed by atoms with Crippen LogP contribution in [0.15, 0.2) is 78.9 Å². The van der Waals surface area contributed by atoms with Crippen molar-refractivity contribution in [1.82, 2.24) is 4.90 Å². The Balaban J connectivity index is 1.42. The molecule has 1 heterocycles. The van der Waals surface area contributed by atoms with Crippen molar-refractivity contribution in [2.45, 2.75) is 6.04 Å². The Labute approximate surface area is 184 Å². The molecule has 154 valence electrons. The van der Waals surface area contributed by atoms with E-state index in [2.05, 4.69) is 5.32 Å². The fourth-order valence-corrected chi connectivity index (χ4v) is 4.32. The zero-order valence-electron chi connectivity index (χ0n) is 16.5. The summed E-state index contributed by atoms with van der Waals surface area (Å²) in [5, 5.41) is 11.7. The van der Waals surface area contributed by atoms with Crippen molar-refractivity contribution < 1.29 is 14.3 Å². The molecule has 1 atom stereocenters. The summed E-state index contributed by atoms with van der Waals surface area (Å²) in [6.07, 6.45) is 0. The number of carbonyl (C=O) groups excluding carboxylic acids is 2. The molecule has 3 aromatic rings. The summed E-state index contributed by atoms with van der Waals surface area (Å²) in [6, 6.07) is 24.4. The summed E-state index contributed by atoms with van der Waals surface area (Å²) in [6.45, 7) is 0. The number of amides is 2. The van der Waals surface area contributed by atoms with Gasteiger partial charge in [-0.25, -0.2) is 0 Å². The first kappa shape index (κ1) is 20.5. The van der Waals surface area contributed by atoms with Gasteiger partial charge in [0.1, 0.15) is 17.5 Å². The van der Waals surface area contributed by atoms with E-state index in [4.69, 9.17) is 10.00 Å². The maximum atomic E-state index is 13.0. The zero-order valence-corrected chi connectivity index (χ0v) is 17.3. The minimum absolute atomic E-state index is 0.198. The van der Waals surface area contributed by atoms with Crippen LogP contribution in [0.2, 0.25) is 0 Å². The number of nitrogens with zero attached hydrogens (tertiary/aromatic N) is 2. The molecule has 1 fully saturated rings. The number of nitriles is 1. The maximum absolute atomic E-state index is 13.0. The number of nitrogens with one attached hydrogen (secondary N) is 1. The van der Waals surface area contributed by atoms with Crippen molar-refractivity contribution in [3.8, 4) is 17.6 Å². The van der Waals surface area contributed by atoms with Gasteiger partial charge in [0.15, 0.2) is 0 Å². The first-order chi connectivity index (χ1) is 15.1. The van der Waals surface area contributed by atoms with Gasteiger partial charge in [0.25, 0.3) is 5.91 Å². The number of hydrogen-bond acceptors (Lipinski definition) is 5. The molecule has 0 bridgehead atoms. The first-order valence-electron chi connectivity index (χ1n) is 9.67. The standard InChI is InChI=1S/C24H19N3O3S/c25-14-17-6-10-19(11-7-17)26-23(28)22-15-31-16-27(22)24(29)18-8-12-21(13-9-18)30-20-4-2-1-3-5-20/h1-13,22H,15-16H2,(H,26,28). The van der Waals surface area contributed by atoms with Crippen molar-refractivity contribution in [1.29, 1.82) is 5.26 Å². The highest BCUT2D eigenvalue weighted by Crippen LogP contribution is 2.26. The van der Waals surface area contributed by atoms with Gasteiger partial charge in [0.2, 0.25) is 5.91 Å². The molecule has 1 aliphatic heterocycles. The molecule has 31 heavy (non-hydrogen) atoms. The molecule has 3 aromatic carbocycles. The molecule has 1 N–H and O–H groups in total. The van der Waals surface area contributed by atoms with E-state index in [0.29, 0.717) is 34.2 Å². The molecule has 1 unspecified atom stereocenters. The van der Waals surface area contributed by atoms with Crippen molar-refractivity contribution in [2.24, 2.45) is 0 Å². The third kappa shape index (κ3) is 4.87. The van der Waals surface area contributed by atoms with Crippen LogP contribution in [0.3, 0.4) is 0 Å². The highest BCUT2D eigenvalue weighted by molar-refractivity contribution is 7.99. The summed E-state index contributed by atoms with van der Waals surface area (Å²) < 4.78 is 5.77. The number of anilines is 1. The van der Waals surface area contributed by atoms with Crippen LogP contribution in [0.4, 0.5) is 5.69 Å². The Morgan fingerprint density at radius 2 is 1.65 bits per heavy atom. The predicted molar refractivity (Wildman–Crippen MR) is 120 cm³/mol. The third-order valence-electron chi connectivity index (χ3n) is 4.81. The quantitative estimate of drug-likeness (QED) is 0.646. The topological polar surface area (TPSA) is 82.4 Å². The predicted octanol–water partition coefficient (Wildman–Crippen LogP) is 4.50. The summed E-state index contributed by atoms with van der Waals surface area (Å²) in [5.74, 6) is 1.89. The average Bonchev–Trinajstić information content (AvgIpc) is 3.30. The van der Waals surface area contributed by atoms with Crippen LogP contribution in [0, 0.1) is 11.3 Å². The molecule has 4 rings (SSSR count). The SMILES string of the molecule is N#Cc1ccc(NC(=O)C2CSCN2C(=O)c2ccc(Oc3ccccc3)cc2)cc1. The molecule has 0 aromatic heterocycles. The number of para-hydroxylation sites is 1. The molecule has 0 spiro atoms. The molecule has 2 amide bonds. The smallest absolute Gasteiger partial charge is 0.255 e. The minimum atomic E-state index is -0.562. The molecule has 1 aliphatic rings. The number of rotatable bonds is 5. The molecule has 0 saturated carbocycles. The number of thioether (sulfide) groups is 1. The lowest BCUT2D eigenvalue weighted by atomic mass is 10.1. The normalized spacial score (nSPS) is 15.2. The van der Waals surface area contributed by atoms with Crippen LogP contribution in [-0.4, -0.2) is 34.4 Å². The van der Waals surface area contributed by atoms with Crippen LogP contribution in [0.5, 0.6) is 11.5 Å². The lowest BCUT2D eigenvalue weighted by Crippen LogP contribution is -2.44. The van der Waals surface area contributed by atoms with Crippen molar-refractivity contribution in [3.63, 3.8) is 0 Å². The van der Waals surface area contributed by atoms with E-state index >= 15 is 0 Å². The second kappa shape index (κ2) is 9.37. The average molecular weight is 430 g/mol. The fraction of sp³-hybridized carbons (Fsp3) is 0.125.